The van der Waals surface area contributed by atoms with Crippen molar-refractivity contribution >= 4 is 16.9 Å². The quantitative estimate of drug-likeness (QED) is 0.107. The average molecular weight is 573 g/mol. The lowest BCUT2D eigenvalue weighted by atomic mass is 9.85. The van der Waals surface area contributed by atoms with Crippen LogP contribution in [-0.2, 0) is 4.79 Å². The fourth-order valence-electron chi connectivity index (χ4n) is 5.49. The van der Waals surface area contributed by atoms with Crippen molar-refractivity contribution in [2.24, 2.45) is 0 Å². The first kappa shape index (κ1) is 29.0. The lowest BCUT2D eigenvalue weighted by Crippen LogP contribution is -2.22. The highest BCUT2D eigenvalue weighted by atomic mass is 16.5. The Balaban J connectivity index is 1.45. The predicted molar refractivity (Wildman–Crippen MR) is 160 cm³/mol. The van der Waals surface area contributed by atoms with E-state index in [1.54, 1.807) is 18.2 Å². The lowest BCUT2D eigenvalue weighted by molar-refractivity contribution is -0.135. The van der Waals surface area contributed by atoms with E-state index in [0.717, 1.165) is 24.2 Å². The third-order valence-electron chi connectivity index (χ3n) is 7.71. The number of ether oxygens (including phenoxy) is 4. The van der Waals surface area contributed by atoms with Crippen molar-refractivity contribution in [3.05, 3.63) is 76.1 Å². The predicted octanol–water partition coefficient (Wildman–Crippen LogP) is 7.36. The number of aromatic hydroxyl groups is 1. The number of hydrogen-bond donors (Lipinski definition) is 1. The highest BCUT2D eigenvalue weighted by Gasteiger charge is 2.33. The van der Waals surface area contributed by atoms with E-state index in [1.807, 2.05) is 24.3 Å². The maximum atomic E-state index is 13.7. The Morgan fingerprint density at radius 3 is 2.38 bits per heavy atom. The topological polar surface area (TPSA) is 104 Å². The summed E-state index contributed by atoms with van der Waals surface area (Å²) in [5.41, 5.74) is 1.94. The van der Waals surface area contributed by atoms with E-state index < -0.39 is 17.3 Å². The van der Waals surface area contributed by atoms with E-state index in [0.29, 0.717) is 29.2 Å². The number of phenols is 1. The van der Waals surface area contributed by atoms with Gasteiger partial charge in [-0.3, -0.25) is 9.59 Å². The Morgan fingerprint density at radius 2 is 1.64 bits per heavy atom. The number of hydrogen-bond acceptors (Lipinski definition) is 8. The lowest BCUT2D eigenvalue weighted by Gasteiger charge is -2.26. The zero-order valence-corrected chi connectivity index (χ0v) is 24.2. The average Bonchev–Trinajstić information content (AvgIpc) is 3.00. The summed E-state index contributed by atoms with van der Waals surface area (Å²) in [6.45, 7) is 2.86. The molecule has 0 radical (unpaired) electrons. The summed E-state index contributed by atoms with van der Waals surface area (Å²) >= 11 is 0. The van der Waals surface area contributed by atoms with Gasteiger partial charge in [0.2, 0.25) is 5.43 Å². The van der Waals surface area contributed by atoms with E-state index in [9.17, 15) is 14.7 Å². The molecular formula is C34H36O8. The van der Waals surface area contributed by atoms with Crippen LogP contribution < -0.4 is 24.4 Å². The minimum atomic E-state index is -0.438. The van der Waals surface area contributed by atoms with Crippen molar-refractivity contribution in [1.82, 2.24) is 0 Å². The zero-order valence-electron chi connectivity index (χ0n) is 24.2. The fraction of sp³-hybridized carbons (Fsp3) is 0.353. The van der Waals surface area contributed by atoms with Crippen molar-refractivity contribution < 1.29 is 33.3 Å². The Hall–Kier alpha value is -4.46. The van der Waals surface area contributed by atoms with Gasteiger partial charge in [0, 0.05) is 17.5 Å². The number of esters is 1. The van der Waals surface area contributed by atoms with Crippen LogP contribution in [0.1, 0.15) is 68.9 Å². The minimum absolute atomic E-state index is 0.0166. The van der Waals surface area contributed by atoms with E-state index >= 15 is 0 Å². The van der Waals surface area contributed by atoms with Crippen LogP contribution in [0.2, 0.25) is 0 Å². The summed E-state index contributed by atoms with van der Waals surface area (Å²) in [5.74, 6) is 0.708. The number of carbonyl (C=O) groups is 1. The van der Waals surface area contributed by atoms with Crippen LogP contribution >= 0.6 is 0 Å². The summed E-state index contributed by atoms with van der Waals surface area (Å²) in [7, 11) is 3.04. The van der Waals surface area contributed by atoms with Gasteiger partial charge >= 0.3 is 5.97 Å². The largest absolute Gasteiger partial charge is 0.507 e. The van der Waals surface area contributed by atoms with E-state index in [1.165, 1.54) is 52.2 Å². The molecule has 220 valence electrons. The maximum Gasteiger partial charge on any atom is 0.312 e. The monoisotopic (exact) mass is 572 g/mol. The first-order valence-electron chi connectivity index (χ1n) is 14.4. The molecular weight excluding hydrogens is 536 g/mol. The SMILES string of the molecule is CCCCCCCCOc1ccc([C@H]2CC(=O)Oc3cc(O)c4c(=O)c(-c5ccc(OC)c(OC)c5)coc4c32)cc1. The number of unbranched alkanes of at least 4 members (excludes halogenated alkanes) is 5. The second-order valence-corrected chi connectivity index (χ2v) is 10.5. The van der Waals surface area contributed by atoms with Crippen molar-refractivity contribution in [2.45, 2.75) is 57.8 Å². The number of carbonyl (C=O) groups excluding carboxylic acids is 1. The second kappa shape index (κ2) is 13.0. The number of methoxy groups -OCH3 is 2. The number of fused-ring (bicyclic) bond motifs is 3. The summed E-state index contributed by atoms with van der Waals surface area (Å²) < 4.78 is 28.2. The molecule has 1 N–H and O–H groups in total. The van der Waals surface area contributed by atoms with Crippen LogP contribution in [0.4, 0.5) is 0 Å². The van der Waals surface area contributed by atoms with Crippen LogP contribution in [0.3, 0.4) is 0 Å². The molecule has 42 heavy (non-hydrogen) atoms. The van der Waals surface area contributed by atoms with Gasteiger partial charge in [-0.2, -0.15) is 0 Å². The van der Waals surface area contributed by atoms with Gasteiger partial charge in [0.15, 0.2) is 11.5 Å². The molecule has 2 heterocycles. The highest BCUT2D eigenvalue weighted by molar-refractivity contribution is 5.94. The molecule has 0 saturated carbocycles. The molecule has 1 aliphatic rings. The highest BCUT2D eigenvalue weighted by Crippen LogP contribution is 2.46. The molecule has 0 saturated heterocycles. The summed E-state index contributed by atoms with van der Waals surface area (Å²) in [6.07, 6.45) is 8.58. The minimum Gasteiger partial charge on any atom is -0.507 e. The van der Waals surface area contributed by atoms with Gasteiger partial charge in [-0.15, -0.1) is 0 Å². The molecule has 1 aromatic heterocycles. The normalized spacial score (nSPS) is 14.4. The molecule has 8 nitrogen and oxygen atoms in total. The Kier molecular flexibility index (Phi) is 9.00. The van der Waals surface area contributed by atoms with Crippen LogP contribution in [0.5, 0.6) is 28.7 Å². The van der Waals surface area contributed by atoms with Crippen molar-refractivity contribution in [2.75, 3.05) is 20.8 Å². The molecule has 5 rings (SSSR count). The summed E-state index contributed by atoms with van der Waals surface area (Å²) in [5, 5.41) is 10.9. The van der Waals surface area contributed by atoms with Crippen molar-refractivity contribution in [1.29, 1.82) is 0 Å². The molecule has 0 unspecified atom stereocenters. The Bertz CT molecular complexity index is 1620. The van der Waals surface area contributed by atoms with Gasteiger partial charge in [-0.25, -0.2) is 0 Å². The van der Waals surface area contributed by atoms with Gasteiger partial charge in [0.05, 0.1) is 32.8 Å². The van der Waals surface area contributed by atoms with Crippen LogP contribution in [0, 0.1) is 0 Å². The van der Waals surface area contributed by atoms with E-state index in [4.69, 9.17) is 23.4 Å². The number of benzene rings is 3. The fourth-order valence-corrected chi connectivity index (χ4v) is 5.49. The van der Waals surface area contributed by atoms with E-state index in [2.05, 4.69) is 6.92 Å². The maximum absolute atomic E-state index is 13.7. The molecule has 1 atom stereocenters. The van der Waals surface area contributed by atoms with E-state index in [-0.39, 0.29) is 34.5 Å². The first-order chi connectivity index (χ1) is 20.4. The molecule has 0 spiro atoms. The van der Waals surface area contributed by atoms with Gasteiger partial charge in [0.25, 0.3) is 0 Å². The van der Waals surface area contributed by atoms with Gasteiger partial charge < -0.3 is 28.5 Å². The van der Waals surface area contributed by atoms with Crippen LogP contribution in [0.15, 0.2) is 64.0 Å². The molecule has 0 amide bonds. The zero-order chi connectivity index (χ0) is 29.6. The molecule has 1 aliphatic heterocycles. The van der Waals surface area contributed by atoms with Crippen molar-refractivity contribution in [3.63, 3.8) is 0 Å². The Labute approximate surface area is 244 Å². The molecule has 8 heteroatoms. The summed E-state index contributed by atoms with van der Waals surface area (Å²) in [6, 6.07) is 14.0. The van der Waals surface area contributed by atoms with Crippen LogP contribution in [-0.4, -0.2) is 31.9 Å². The Morgan fingerprint density at radius 1 is 0.905 bits per heavy atom. The van der Waals surface area contributed by atoms with Gasteiger partial charge in [0.1, 0.15) is 34.5 Å². The standard InChI is InChI=1S/C34H36O8/c1-4-5-6-7-8-9-16-40-23-13-10-21(11-14-23)24-18-30(36)42-29-19-26(35)32-33(37)25(20-41-34(32)31(24)29)22-12-15-27(38-2)28(17-22)39-3/h10-15,17,19-20,24,35H,4-9,16,18H2,1-3H3/t24-/m1/s1. The number of phenolic OH excluding ortho intramolecular Hbond substituents is 1. The molecule has 0 fully saturated rings. The van der Waals surface area contributed by atoms with Crippen LogP contribution in [0.25, 0.3) is 22.1 Å². The molecule has 0 aliphatic carbocycles. The van der Waals surface area contributed by atoms with Gasteiger partial charge in [-0.1, -0.05) is 57.2 Å². The van der Waals surface area contributed by atoms with Crippen molar-refractivity contribution in [3.8, 4) is 39.9 Å². The molecule has 4 aromatic rings. The third-order valence-corrected chi connectivity index (χ3v) is 7.71. The van der Waals surface area contributed by atoms with Gasteiger partial charge in [-0.05, 0) is 41.8 Å². The second-order valence-electron chi connectivity index (χ2n) is 10.5. The smallest absolute Gasteiger partial charge is 0.312 e. The first-order valence-corrected chi connectivity index (χ1v) is 14.4. The third kappa shape index (κ3) is 5.93. The molecule has 3 aromatic carbocycles. The molecule has 0 bridgehead atoms. The number of rotatable bonds is 12. The summed E-state index contributed by atoms with van der Waals surface area (Å²) in [4.78, 5) is 26.3.